The molecule has 122 valence electrons. The number of carbonyl (C=O) groups is 1. The van der Waals surface area contributed by atoms with Crippen molar-refractivity contribution < 1.29 is 4.79 Å². The maximum atomic E-state index is 12.5. The fourth-order valence-corrected chi connectivity index (χ4v) is 3.71. The second-order valence-electron chi connectivity index (χ2n) is 6.10. The standard InChI is InChI=1S/C16H26N4OS/c1-17-15(18-10-13-6-9-22-11-13)19-12-16(7-4-5-8-16)14(21)20(2)3/h6,9,11H,4-5,7-8,10,12H2,1-3H3,(H2,17,18,19). The Morgan fingerprint density at radius 3 is 2.64 bits per heavy atom. The maximum absolute atomic E-state index is 12.5. The molecule has 1 fully saturated rings. The van der Waals surface area contributed by atoms with E-state index in [1.807, 2.05) is 14.1 Å². The molecule has 22 heavy (non-hydrogen) atoms. The van der Waals surface area contributed by atoms with Gasteiger partial charge in [-0.05, 0) is 35.2 Å². The largest absolute Gasteiger partial charge is 0.355 e. The van der Waals surface area contributed by atoms with Crippen molar-refractivity contribution in [2.45, 2.75) is 32.2 Å². The van der Waals surface area contributed by atoms with Crippen molar-refractivity contribution in [1.29, 1.82) is 0 Å². The molecule has 0 unspecified atom stereocenters. The lowest BCUT2D eigenvalue weighted by Crippen LogP contribution is -2.49. The fourth-order valence-electron chi connectivity index (χ4n) is 3.04. The predicted molar refractivity (Wildman–Crippen MR) is 92.1 cm³/mol. The first-order valence-corrected chi connectivity index (χ1v) is 8.69. The van der Waals surface area contributed by atoms with Gasteiger partial charge in [0.1, 0.15) is 0 Å². The zero-order valence-corrected chi connectivity index (χ0v) is 14.5. The molecule has 2 N–H and O–H groups in total. The van der Waals surface area contributed by atoms with E-state index in [2.05, 4.69) is 32.5 Å². The predicted octanol–water partition coefficient (Wildman–Crippen LogP) is 2.06. The van der Waals surface area contributed by atoms with Crippen molar-refractivity contribution >= 4 is 23.2 Å². The molecule has 0 atom stereocenters. The topological polar surface area (TPSA) is 56.7 Å². The molecule has 5 nitrogen and oxygen atoms in total. The molecule has 6 heteroatoms. The van der Waals surface area contributed by atoms with E-state index in [1.54, 1.807) is 23.3 Å². The minimum Gasteiger partial charge on any atom is -0.355 e. The smallest absolute Gasteiger partial charge is 0.230 e. The summed E-state index contributed by atoms with van der Waals surface area (Å²) < 4.78 is 0. The van der Waals surface area contributed by atoms with Gasteiger partial charge in [0.05, 0.1) is 5.41 Å². The molecule has 1 aromatic rings. The zero-order chi connectivity index (χ0) is 16.0. The number of carbonyl (C=O) groups excluding carboxylic acids is 1. The van der Waals surface area contributed by atoms with Crippen LogP contribution in [0, 0.1) is 5.41 Å². The van der Waals surface area contributed by atoms with Gasteiger partial charge >= 0.3 is 0 Å². The maximum Gasteiger partial charge on any atom is 0.230 e. The van der Waals surface area contributed by atoms with E-state index in [0.717, 1.165) is 38.2 Å². The monoisotopic (exact) mass is 322 g/mol. The summed E-state index contributed by atoms with van der Waals surface area (Å²) in [5.41, 5.74) is 0.969. The molecule has 2 rings (SSSR count). The number of amides is 1. The molecular formula is C16H26N4OS. The Morgan fingerprint density at radius 1 is 1.36 bits per heavy atom. The number of aliphatic imine (C=N–C) groups is 1. The van der Waals surface area contributed by atoms with Gasteiger partial charge in [-0.2, -0.15) is 11.3 Å². The zero-order valence-electron chi connectivity index (χ0n) is 13.7. The van der Waals surface area contributed by atoms with Crippen LogP contribution in [0.5, 0.6) is 0 Å². The highest BCUT2D eigenvalue weighted by atomic mass is 32.1. The highest BCUT2D eigenvalue weighted by Crippen LogP contribution is 2.38. The number of rotatable bonds is 5. The third-order valence-electron chi connectivity index (χ3n) is 4.28. The third-order valence-corrected chi connectivity index (χ3v) is 5.01. The van der Waals surface area contributed by atoms with Gasteiger partial charge in [0.25, 0.3) is 0 Å². The second-order valence-corrected chi connectivity index (χ2v) is 6.88. The number of nitrogens with one attached hydrogen (secondary N) is 2. The Morgan fingerprint density at radius 2 is 2.09 bits per heavy atom. The van der Waals surface area contributed by atoms with Crippen LogP contribution in [0.4, 0.5) is 0 Å². The Bertz CT molecular complexity index is 504. The van der Waals surface area contributed by atoms with Crippen molar-refractivity contribution in [3.63, 3.8) is 0 Å². The number of thiophene rings is 1. The number of hydrogen-bond acceptors (Lipinski definition) is 3. The van der Waals surface area contributed by atoms with Gasteiger partial charge in [-0.15, -0.1) is 0 Å². The molecule has 0 saturated heterocycles. The molecule has 0 aromatic carbocycles. The van der Waals surface area contributed by atoms with E-state index >= 15 is 0 Å². The number of guanidine groups is 1. The molecule has 0 spiro atoms. The molecule has 1 amide bonds. The van der Waals surface area contributed by atoms with Gasteiger partial charge in [-0.25, -0.2) is 0 Å². The molecule has 0 radical (unpaired) electrons. The summed E-state index contributed by atoms with van der Waals surface area (Å²) in [4.78, 5) is 18.5. The summed E-state index contributed by atoms with van der Waals surface area (Å²) in [6.07, 6.45) is 4.17. The number of nitrogens with zero attached hydrogens (tertiary/aromatic N) is 2. The normalized spacial score (nSPS) is 17.3. The summed E-state index contributed by atoms with van der Waals surface area (Å²) in [5.74, 6) is 0.981. The van der Waals surface area contributed by atoms with E-state index in [9.17, 15) is 4.79 Å². The minimum atomic E-state index is -0.274. The third kappa shape index (κ3) is 4.00. The Kier molecular flexibility index (Phi) is 5.83. The van der Waals surface area contributed by atoms with Crippen LogP contribution in [-0.4, -0.2) is 44.5 Å². The Hall–Kier alpha value is -1.56. The molecule has 1 aliphatic rings. The summed E-state index contributed by atoms with van der Waals surface area (Å²) in [5, 5.41) is 10.8. The van der Waals surface area contributed by atoms with Crippen LogP contribution in [0.15, 0.2) is 21.8 Å². The molecular weight excluding hydrogens is 296 g/mol. The summed E-state index contributed by atoms with van der Waals surface area (Å²) >= 11 is 1.69. The van der Waals surface area contributed by atoms with Crippen LogP contribution in [-0.2, 0) is 11.3 Å². The van der Waals surface area contributed by atoms with E-state index < -0.39 is 0 Å². The summed E-state index contributed by atoms with van der Waals surface area (Å²) in [6, 6.07) is 2.10. The van der Waals surface area contributed by atoms with E-state index in [4.69, 9.17) is 0 Å². The highest BCUT2D eigenvalue weighted by molar-refractivity contribution is 7.07. The van der Waals surface area contributed by atoms with Crippen LogP contribution in [0.1, 0.15) is 31.2 Å². The SMILES string of the molecule is CN=C(NCc1ccsc1)NCC1(C(=O)N(C)C)CCCC1. The first kappa shape index (κ1) is 16.8. The van der Waals surface area contributed by atoms with Gasteiger partial charge < -0.3 is 15.5 Å². The Labute approximate surface area is 136 Å². The molecule has 1 saturated carbocycles. The van der Waals surface area contributed by atoms with Crippen molar-refractivity contribution in [1.82, 2.24) is 15.5 Å². The lowest BCUT2D eigenvalue weighted by molar-refractivity contribution is -0.138. The minimum absolute atomic E-state index is 0.228. The molecule has 1 aliphatic carbocycles. The van der Waals surface area contributed by atoms with E-state index in [1.165, 1.54) is 5.56 Å². The van der Waals surface area contributed by atoms with Gasteiger partial charge in [0, 0.05) is 34.2 Å². The average molecular weight is 322 g/mol. The lowest BCUT2D eigenvalue weighted by Gasteiger charge is -2.31. The summed E-state index contributed by atoms with van der Waals surface area (Å²) in [6.45, 7) is 1.39. The second kappa shape index (κ2) is 7.63. The first-order chi connectivity index (χ1) is 10.6. The lowest BCUT2D eigenvalue weighted by atomic mass is 9.84. The van der Waals surface area contributed by atoms with Crippen molar-refractivity contribution in [2.75, 3.05) is 27.7 Å². The Balaban J connectivity index is 1.91. The van der Waals surface area contributed by atoms with Gasteiger partial charge in [0.15, 0.2) is 5.96 Å². The van der Waals surface area contributed by atoms with Crippen molar-refractivity contribution in [3.8, 4) is 0 Å². The van der Waals surface area contributed by atoms with Gasteiger partial charge in [-0.3, -0.25) is 9.79 Å². The van der Waals surface area contributed by atoms with Crippen LogP contribution in [0.2, 0.25) is 0 Å². The number of hydrogen-bond donors (Lipinski definition) is 2. The molecule has 1 aromatic heterocycles. The average Bonchev–Trinajstić information content (AvgIpc) is 3.18. The summed E-state index contributed by atoms with van der Waals surface area (Å²) in [7, 11) is 5.44. The molecule has 1 heterocycles. The van der Waals surface area contributed by atoms with Crippen LogP contribution in [0.3, 0.4) is 0 Å². The van der Waals surface area contributed by atoms with E-state index in [-0.39, 0.29) is 11.3 Å². The van der Waals surface area contributed by atoms with E-state index in [0.29, 0.717) is 6.54 Å². The van der Waals surface area contributed by atoms with Crippen LogP contribution in [0.25, 0.3) is 0 Å². The first-order valence-electron chi connectivity index (χ1n) is 7.75. The fraction of sp³-hybridized carbons (Fsp3) is 0.625. The van der Waals surface area contributed by atoms with Crippen LogP contribution >= 0.6 is 11.3 Å². The van der Waals surface area contributed by atoms with Crippen molar-refractivity contribution in [2.24, 2.45) is 10.4 Å². The van der Waals surface area contributed by atoms with Gasteiger partial charge in [0.2, 0.25) is 5.91 Å². The quantitative estimate of drug-likeness (QED) is 0.644. The molecule has 0 aliphatic heterocycles. The van der Waals surface area contributed by atoms with Crippen LogP contribution < -0.4 is 10.6 Å². The van der Waals surface area contributed by atoms with Gasteiger partial charge in [-0.1, -0.05) is 12.8 Å². The highest BCUT2D eigenvalue weighted by Gasteiger charge is 2.42. The van der Waals surface area contributed by atoms with Crippen molar-refractivity contribution in [3.05, 3.63) is 22.4 Å². The molecule has 0 bridgehead atoms.